The number of carbonyl (C=O) groups is 2. The standard InChI is InChI=1S/C28H35F2N3O2.C24H29F2N3O.C21H24F2N2.C6H13NO/c1-31(2)15-7-14-28(22-8-5-4-6-9-22)19-21(25-18-23(29)10-11-26(25)30)20-33(28)27(34)32(3)24-12-16-35-17-13-24;1-27(2)14-8-13-24(19-9-6-5-7-10-19)16-18(17-29(24)23(30)28(3)4)21-15-20(25)11-12-22(21)26;1-25(2)12-6-11-21(17-7-4-3-5-8-17)14-16(15-24-21)19-13-18(22)9-10-20(19)23;1-7-6-2-4-8-5-3-6/h4-6,8-11,18-19,24H,7,12-17,20H2,1-3H3;5-7,9-12,15-16H,8,13-14,17H2,1-4H3;3-5,7-10,13-14,24H,6,11-12,15H2,1-2H3;6-7H,2-5H2,1H3. The molecule has 0 spiro atoms. The summed E-state index contributed by atoms with van der Waals surface area (Å²) in [6.45, 7) is 6.78. The van der Waals surface area contributed by atoms with Crippen LogP contribution in [0.15, 0.2) is 164 Å². The highest BCUT2D eigenvalue weighted by molar-refractivity contribution is 5.85. The summed E-state index contributed by atoms with van der Waals surface area (Å²) in [5.74, 6) is -2.77. The zero-order valence-corrected chi connectivity index (χ0v) is 58.9. The van der Waals surface area contributed by atoms with E-state index in [-0.39, 0.29) is 53.7 Å². The Kier molecular flexibility index (Phi) is 27.9. The van der Waals surface area contributed by atoms with Crippen molar-refractivity contribution in [1.29, 1.82) is 0 Å². The first-order valence-corrected chi connectivity index (χ1v) is 34.2. The Morgan fingerprint density at radius 3 is 1.24 bits per heavy atom. The van der Waals surface area contributed by atoms with E-state index in [1.165, 1.54) is 42.0 Å². The molecule has 0 aliphatic carbocycles. The largest absolute Gasteiger partial charge is 0.381 e. The lowest BCUT2D eigenvalue weighted by atomic mass is 9.84. The molecule has 2 fully saturated rings. The van der Waals surface area contributed by atoms with Crippen molar-refractivity contribution in [3.05, 3.63) is 232 Å². The van der Waals surface area contributed by atoms with E-state index in [2.05, 4.69) is 57.6 Å². The number of amides is 4. The quantitative estimate of drug-likeness (QED) is 0.0724. The lowest BCUT2D eigenvalue weighted by molar-refractivity contribution is 0.0408. The zero-order valence-electron chi connectivity index (χ0n) is 58.9. The molecule has 0 bridgehead atoms. The normalized spacial score (nSPS) is 20.2. The second kappa shape index (κ2) is 35.9. The molecule has 0 radical (unpaired) electrons. The van der Waals surface area contributed by atoms with Crippen molar-refractivity contribution in [1.82, 2.24) is 44.9 Å². The van der Waals surface area contributed by atoms with Crippen LogP contribution in [0, 0.1) is 34.9 Å². The summed E-state index contributed by atoms with van der Waals surface area (Å²) in [6.07, 6.45) is 14.9. The van der Waals surface area contributed by atoms with E-state index >= 15 is 0 Å². The van der Waals surface area contributed by atoms with Gasteiger partial charge in [-0.15, -0.1) is 0 Å². The third-order valence-electron chi connectivity index (χ3n) is 19.1. The molecule has 11 rings (SSSR count). The van der Waals surface area contributed by atoms with Crippen molar-refractivity contribution < 1.29 is 45.4 Å². The SMILES string of the molecule is CN(C)CCCC1(c2ccccc2)C=C(c2cc(F)ccc2F)CN1.CN(C)CCCC1(c2ccccc2)C=C(c2cc(F)ccc2F)CN1C(=O)N(C)C.CN(C)CCCC1(c2ccccc2)C=C(c2cc(F)ccc2F)CN1C(=O)N(C)C1CCOCC1.CNC1CCOCC1. The predicted molar refractivity (Wildman–Crippen MR) is 381 cm³/mol. The zero-order chi connectivity index (χ0) is 70.6. The van der Waals surface area contributed by atoms with E-state index in [0.29, 0.717) is 55.4 Å². The van der Waals surface area contributed by atoms with Crippen molar-refractivity contribution in [2.45, 2.75) is 92.9 Å². The molecule has 5 heterocycles. The molecular weight excluding hydrogens is 1250 g/mol. The van der Waals surface area contributed by atoms with E-state index in [4.69, 9.17) is 9.47 Å². The monoisotopic (exact) mass is 1350 g/mol. The molecule has 4 amide bonds. The van der Waals surface area contributed by atoms with Crippen LogP contribution < -0.4 is 10.6 Å². The maximum absolute atomic E-state index is 14.9. The number of hydrogen-bond acceptors (Lipinski definition) is 9. The number of urea groups is 2. The minimum Gasteiger partial charge on any atom is -0.381 e. The molecule has 6 aromatic carbocycles. The molecule has 5 aliphatic rings. The molecule has 3 unspecified atom stereocenters. The van der Waals surface area contributed by atoms with Crippen molar-refractivity contribution >= 4 is 28.8 Å². The summed E-state index contributed by atoms with van der Waals surface area (Å²) in [6, 6.07) is 41.0. The van der Waals surface area contributed by atoms with Gasteiger partial charge in [-0.2, -0.15) is 0 Å². The van der Waals surface area contributed by atoms with Crippen LogP contribution in [0.5, 0.6) is 0 Å². The van der Waals surface area contributed by atoms with E-state index in [1.807, 2.05) is 143 Å². The fourth-order valence-corrected chi connectivity index (χ4v) is 13.8. The second-order valence-corrected chi connectivity index (χ2v) is 27.1. The molecule has 2 saturated heterocycles. The van der Waals surface area contributed by atoms with Gasteiger partial charge in [0.2, 0.25) is 0 Å². The van der Waals surface area contributed by atoms with Gasteiger partial charge >= 0.3 is 12.1 Å². The van der Waals surface area contributed by atoms with E-state index < -0.39 is 40.2 Å². The number of nitrogens with one attached hydrogen (secondary N) is 2. The molecule has 98 heavy (non-hydrogen) atoms. The smallest absolute Gasteiger partial charge is 0.321 e. The minimum absolute atomic E-state index is 0.0847. The van der Waals surface area contributed by atoms with Crippen LogP contribution in [0.3, 0.4) is 0 Å². The van der Waals surface area contributed by atoms with Gasteiger partial charge in [-0.05, 0) is 233 Å². The Labute approximate surface area is 577 Å². The molecule has 19 heteroatoms. The highest BCUT2D eigenvalue weighted by atomic mass is 19.1. The van der Waals surface area contributed by atoms with E-state index in [9.17, 15) is 35.9 Å². The molecule has 5 aliphatic heterocycles. The summed E-state index contributed by atoms with van der Waals surface area (Å²) in [7, 11) is 19.4. The Hall–Kier alpha value is -7.62. The highest BCUT2D eigenvalue weighted by Gasteiger charge is 2.48. The van der Waals surface area contributed by atoms with Gasteiger partial charge in [0.15, 0.2) is 0 Å². The third-order valence-corrected chi connectivity index (χ3v) is 19.1. The van der Waals surface area contributed by atoms with Crippen LogP contribution in [0.1, 0.15) is 97.6 Å². The molecule has 13 nitrogen and oxygen atoms in total. The van der Waals surface area contributed by atoms with Gasteiger partial charge in [-0.1, -0.05) is 97.1 Å². The molecular formula is C79H101F6N9O4. The van der Waals surface area contributed by atoms with Crippen LogP contribution in [0.2, 0.25) is 0 Å². The fraction of sp³-hybridized carbons (Fsp3) is 0.443. The second-order valence-electron chi connectivity index (χ2n) is 27.1. The van der Waals surface area contributed by atoms with E-state index in [0.717, 1.165) is 124 Å². The van der Waals surface area contributed by atoms with Crippen LogP contribution in [0.25, 0.3) is 16.7 Å². The average Bonchev–Trinajstić information content (AvgIpc) is 1.60. The van der Waals surface area contributed by atoms with Crippen LogP contribution in [-0.4, -0.2) is 195 Å². The van der Waals surface area contributed by atoms with Gasteiger partial charge in [0.1, 0.15) is 34.9 Å². The van der Waals surface area contributed by atoms with Gasteiger partial charge < -0.3 is 54.4 Å². The van der Waals surface area contributed by atoms with Crippen molar-refractivity contribution in [3.63, 3.8) is 0 Å². The summed E-state index contributed by atoms with van der Waals surface area (Å²) in [5.41, 5.74) is 4.08. The summed E-state index contributed by atoms with van der Waals surface area (Å²) < 4.78 is 95.9. The number of halogens is 6. The first kappa shape index (κ1) is 76.1. The van der Waals surface area contributed by atoms with Crippen molar-refractivity contribution in [3.8, 4) is 0 Å². The van der Waals surface area contributed by atoms with Gasteiger partial charge in [-0.25, -0.2) is 35.9 Å². The number of benzene rings is 6. The maximum atomic E-state index is 14.9. The van der Waals surface area contributed by atoms with Crippen molar-refractivity contribution in [2.24, 2.45) is 0 Å². The van der Waals surface area contributed by atoms with Gasteiger partial charge in [0, 0.05) is 96.0 Å². The number of carbonyl (C=O) groups excluding carboxylic acids is 2. The number of hydrogen-bond donors (Lipinski definition) is 2. The average molecular weight is 1350 g/mol. The molecule has 6 aromatic rings. The Morgan fingerprint density at radius 2 is 0.857 bits per heavy atom. The first-order valence-electron chi connectivity index (χ1n) is 34.2. The van der Waals surface area contributed by atoms with Crippen LogP contribution >= 0.6 is 0 Å². The van der Waals surface area contributed by atoms with Crippen LogP contribution in [0.4, 0.5) is 35.9 Å². The topological polar surface area (TPSA) is 99.3 Å². The predicted octanol–water partition coefficient (Wildman–Crippen LogP) is 14.3. The Morgan fingerprint density at radius 1 is 0.480 bits per heavy atom. The molecule has 2 N–H and O–H groups in total. The number of ether oxygens (including phenoxy) is 2. The third kappa shape index (κ3) is 19.6. The highest BCUT2D eigenvalue weighted by Crippen LogP contribution is 2.47. The van der Waals surface area contributed by atoms with Crippen molar-refractivity contribution in [2.75, 3.05) is 136 Å². The number of rotatable bonds is 20. The first-order chi connectivity index (χ1) is 47.0. The summed E-state index contributed by atoms with van der Waals surface area (Å²) in [5, 5.41) is 6.78. The number of nitrogens with zero attached hydrogens (tertiary/aromatic N) is 7. The van der Waals surface area contributed by atoms with Crippen LogP contribution in [-0.2, 0) is 26.1 Å². The molecule has 0 saturated carbocycles. The lowest BCUT2D eigenvalue weighted by Crippen LogP contribution is -2.53. The lowest BCUT2D eigenvalue weighted by Gasteiger charge is -2.43. The fourth-order valence-electron chi connectivity index (χ4n) is 13.8. The van der Waals surface area contributed by atoms with E-state index in [1.54, 1.807) is 19.0 Å². The van der Waals surface area contributed by atoms with Gasteiger partial charge in [0.05, 0.1) is 16.6 Å². The maximum Gasteiger partial charge on any atom is 0.321 e. The Balaban J connectivity index is 0.000000179. The summed E-state index contributed by atoms with van der Waals surface area (Å²) in [4.78, 5) is 40.6. The van der Waals surface area contributed by atoms with Gasteiger partial charge in [-0.3, -0.25) is 0 Å². The summed E-state index contributed by atoms with van der Waals surface area (Å²) >= 11 is 0. The minimum atomic E-state index is -0.762. The molecule has 528 valence electrons. The molecule has 0 aromatic heterocycles. The Bertz CT molecular complexity index is 3620. The van der Waals surface area contributed by atoms with Gasteiger partial charge in [0.25, 0.3) is 0 Å². The molecule has 3 atom stereocenters.